The highest BCUT2D eigenvalue weighted by Crippen LogP contribution is 2.48. The van der Waals surface area contributed by atoms with Gasteiger partial charge in [-0.05, 0) is 43.3 Å². The molecule has 1 saturated heterocycles. The number of benzene rings is 3. The first-order valence-corrected chi connectivity index (χ1v) is 22.4. The number of amides is 1. The molecule has 0 spiro atoms. The number of rotatable bonds is 9. The Hall–Kier alpha value is -6.86. The second kappa shape index (κ2) is 19.1. The molecule has 0 saturated carbocycles. The summed E-state index contributed by atoms with van der Waals surface area (Å²) >= 11 is 4.04. The van der Waals surface area contributed by atoms with Gasteiger partial charge >= 0.3 is 5.97 Å². The molecule has 1 N–H and O–H groups in total. The molecule has 18 heteroatoms. The Labute approximate surface area is 383 Å². The Morgan fingerprint density at radius 3 is 1.25 bits per heavy atom. The zero-order valence-corrected chi connectivity index (χ0v) is 38.7. The van der Waals surface area contributed by atoms with Crippen LogP contribution in [0.15, 0.2) is 73.6 Å². The molecule has 6 aromatic heterocycles. The van der Waals surface area contributed by atoms with Gasteiger partial charge in [0.15, 0.2) is 5.78 Å². The first kappa shape index (κ1) is 44.7. The molecule has 10 rings (SSSR count). The van der Waals surface area contributed by atoms with Gasteiger partial charge in [0.25, 0.3) is 5.91 Å². The lowest BCUT2D eigenvalue weighted by atomic mass is 10.1. The van der Waals surface area contributed by atoms with E-state index in [0.717, 1.165) is 85.6 Å². The van der Waals surface area contributed by atoms with Crippen molar-refractivity contribution in [3.05, 3.63) is 88.2 Å². The molecular formula is C47H42N4O11S3. The van der Waals surface area contributed by atoms with Crippen molar-refractivity contribution in [2.24, 2.45) is 0 Å². The lowest BCUT2D eigenvalue weighted by Gasteiger charge is -2.26. The van der Waals surface area contributed by atoms with Gasteiger partial charge in [0.1, 0.15) is 39.4 Å². The highest BCUT2D eigenvalue weighted by atomic mass is 32.1. The van der Waals surface area contributed by atoms with Gasteiger partial charge in [-0.1, -0.05) is 0 Å². The molecule has 334 valence electrons. The van der Waals surface area contributed by atoms with Crippen molar-refractivity contribution < 1.29 is 52.6 Å². The van der Waals surface area contributed by atoms with Gasteiger partial charge in [-0.2, -0.15) is 0 Å². The average molecular weight is 935 g/mol. The van der Waals surface area contributed by atoms with Gasteiger partial charge in [-0.3, -0.25) is 24.5 Å². The summed E-state index contributed by atoms with van der Waals surface area (Å²) in [7, 11) is 9.67. The Kier molecular flexibility index (Phi) is 13.1. The maximum Gasteiger partial charge on any atom is 0.345 e. The molecule has 1 fully saturated rings. The molecule has 1 aliphatic rings. The first-order valence-electron chi connectivity index (χ1n) is 19.9. The Morgan fingerprint density at radius 2 is 0.877 bits per heavy atom. The SMILES string of the molecule is COc1c2cnccc2c(OC)c2sc(C(=O)N3CCOCC3)cc12.COc1c2cnccc2c(OC)c2sc(C(=O)O)cc12.COc1c2cnccc2c(OC)c2sc(C(C)=O)cc12. The predicted molar refractivity (Wildman–Crippen MR) is 254 cm³/mol. The van der Waals surface area contributed by atoms with Gasteiger partial charge in [-0.15, -0.1) is 34.0 Å². The van der Waals surface area contributed by atoms with E-state index in [0.29, 0.717) is 47.6 Å². The summed E-state index contributed by atoms with van der Waals surface area (Å²) in [6.07, 6.45) is 10.3. The van der Waals surface area contributed by atoms with Crippen LogP contribution in [0.25, 0.3) is 62.6 Å². The molecule has 65 heavy (non-hydrogen) atoms. The number of hydrogen-bond donors (Lipinski definition) is 1. The topological polar surface area (TPSA) is 178 Å². The summed E-state index contributed by atoms with van der Waals surface area (Å²) in [5, 5.41) is 16.9. The van der Waals surface area contributed by atoms with Crippen LogP contribution in [0, 0.1) is 0 Å². The van der Waals surface area contributed by atoms with E-state index in [1.807, 2.05) is 35.2 Å². The maximum absolute atomic E-state index is 12.8. The zero-order valence-electron chi connectivity index (χ0n) is 36.3. The Balaban J connectivity index is 0.000000134. The van der Waals surface area contributed by atoms with Crippen LogP contribution in [0.2, 0.25) is 0 Å². The highest BCUT2D eigenvalue weighted by Gasteiger charge is 2.25. The van der Waals surface area contributed by atoms with Crippen LogP contribution in [-0.2, 0) is 4.74 Å². The van der Waals surface area contributed by atoms with E-state index < -0.39 is 5.97 Å². The molecule has 9 aromatic rings. The largest absolute Gasteiger partial charge is 0.495 e. The summed E-state index contributed by atoms with van der Waals surface area (Å²) in [4.78, 5) is 51.5. The number of aromatic carboxylic acids is 1. The number of ketones is 1. The molecule has 15 nitrogen and oxygen atoms in total. The van der Waals surface area contributed by atoms with Crippen molar-refractivity contribution in [2.75, 3.05) is 69.0 Å². The number of thiophene rings is 3. The van der Waals surface area contributed by atoms with Crippen LogP contribution in [0.5, 0.6) is 34.5 Å². The fraction of sp³-hybridized carbons (Fsp3) is 0.234. The van der Waals surface area contributed by atoms with E-state index in [4.69, 9.17) is 38.3 Å². The molecule has 7 heterocycles. The number of carbonyl (C=O) groups is 3. The number of pyridine rings is 3. The molecule has 0 aliphatic carbocycles. The summed E-state index contributed by atoms with van der Waals surface area (Å²) < 4.78 is 41.2. The molecule has 3 aromatic carbocycles. The van der Waals surface area contributed by atoms with Crippen LogP contribution in [0.4, 0.5) is 0 Å². The minimum atomic E-state index is -0.961. The number of carboxylic acids is 1. The number of nitrogens with zero attached hydrogens (tertiary/aromatic N) is 4. The Bertz CT molecular complexity index is 2960. The van der Waals surface area contributed by atoms with Crippen molar-refractivity contribution in [1.82, 2.24) is 19.9 Å². The van der Waals surface area contributed by atoms with Crippen molar-refractivity contribution in [3.8, 4) is 34.5 Å². The third kappa shape index (κ3) is 8.13. The lowest BCUT2D eigenvalue weighted by molar-refractivity contribution is 0.0306. The number of hydrogen-bond acceptors (Lipinski definition) is 16. The summed E-state index contributed by atoms with van der Waals surface area (Å²) in [6.45, 7) is 3.96. The molecule has 0 unspecified atom stereocenters. The lowest BCUT2D eigenvalue weighted by Crippen LogP contribution is -2.40. The minimum absolute atomic E-state index is 0.0239. The smallest absolute Gasteiger partial charge is 0.345 e. The number of ether oxygens (including phenoxy) is 7. The number of fused-ring (bicyclic) bond motifs is 6. The first-order chi connectivity index (χ1) is 31.6. The Morgan fingerprint density at radius 1 is 0.523 bits per heavy atom. The summed E-state index contributed by atoms with van der Waals surface area (Å²) in [5.41, 5.74) is 0. The fourth-order valence-electron chi connectivity index (χ4n) is 7.88. The van der Waals surface area contributed by atoms with Crippen LogP contribution in [-0.4, -0.2) is 112 Å². The van der Waals surface area contributed by atoms with E-state index in [2.05, 4.69) is 15.0 Å². The third-order valence-electron chi connectivity index (χ3n) is 10.8. The van der Waals surface area contributed by atoms with Gasteiger partial charge in [0.2, 0.25) is 0 Å². The van der Waals surface area contributed by atoms with Gasteiger partial charge in [0, 0.05) is 98.7 Å². The molecule has 0 atom stereocenters. The predicted octanol–water partition coefficient (Wildman–Crippen LogP) is 9.77. The number of carbonyl (C=O) groups excluding carboxylic acids is 2. The second-order valence-corrected chi connectivity index (χ2v) is 17.4. The van der Waals surface area contributed by atoms with Crippen LogP contribution >= 0.6 is 34.0 Å². The van der Waals surface area contributed by atoms with E-state index in [-0.39, 0.29) is 16.6 Å². The van der Waals surface area contributed by atoms with Crippen molar-refractivity contribution in [3.63, 3.8) is 0 Å². The number of morpholine rings is 1. The van der Waals surface area contributed by atoms with Crippen molar-refractivity contribution >= 4 is 114 Å². The normalized spacial score (nSPS) is 12.4. The van der Waals surface area contributed by atoms with Gasteiger partial charge in [0.05, 0.1) is 79.7 Å². The molecule has 0 bridgehead atoms. The van der Waals surface area contributed by atoms with Crippen LogP contribution < -0.4 is 28.4 Å². The molecular weight excluding hydrogens is 893 g/mol. The number of methoxy groups -OCH3 is 6. The standard InChI is InChI=1S/C18H18N2O4S.C15H13NO3S.C14H11NO4S/c1-22-15-12-9-14(18(21)20-5-7-24-8-6-20)25-17(12)16(23-2)11-3-4-19-10-13(11)15;1-8(17)12-6-10-13(18-2)11-7-16-5-4-9(11)14(19-3)15(10)20-12;1-18-11-8-5-10(14(16)17)20-13(8)12(19-2)7-3-4-15-6-9(7)11/h3-4,9-10H,5-8H2,1-2H3;4-7H,1-3H3;3-6H,1-2H3,(H,16,17). The highest BCUT2D eigenvalue weighted by molar-refractivity contribution is 7.22. The van der Waals surface area contributed by atoms with Gasteiger partial charge < -0.3 is 43.2 Å². The molecule has 1 aliphatic heterocycles. The zero-order chi connectivity index (χ0) is 45.9. The average Bonchev–Trinajstić information content (AvgIpc) is 4.11. The van der Waals surface area contributed by atoms with E-state index in [1.54, 1.807) is 92.8 Å². The number of carboxylic acid groups (broad SMARTS) is 1. The maximum atomic E-state index is 12.8. The second-order valence-electron chi connectivity index (χ2n) is 14.3. The third-order valence-corrected chi connectivity index (χ3v) is 14.2. The molecule has 1 amide bonds. The van der Waals surface area contributed by atoms with Crippen molar-refractivity contribution in [1.29, 1.82) is 0 Å². The van der Waals surface area contributed by atoms with E-state index in [1.165, 1.54) is 34.0 Å². The summed E-state index contributed by atoms with van der Waals surface area (Å²) in [5.74, 6) is 3.33. The fourth-order valence-corrected chi connectivity index (χ4v) is 11.2. The van der Waals surface area contributed by atoms with E-state index >= 15 is 0 Å². The monoisotopic (exact) mass is 934 g/mol. The van der Waals surface area contributed by atoms with E-state index in [9.17, 15) is 14.4 Å². The summed E-state index contributed by atoms with van der Waals surface area (Å²) in [6, 6.07) is 11.0. The van der Waals surface area contributed by atoms with Crippen LogP contribution in [0.3, 0.4) is 0 Å². The van der Waals surface area contributed by atoms with Crippen LogP contribution in [0.1, 0.15) is 35.9 Å². The quantitative estimate of drug-likeness (QED) is 0.135. The minimum Gasteiger partial charge on any atom is -0.495 e. The molecule has 0 radical (unpaired) electrons. The van der Waals surface area contributed by atoms with Crippen molar-refractivity contribution in [2.45, 2.75) is 6.92 Å². The number of aromatic nitrogens is 3. The number of Topliss-reactive ketones (excluding diaryl/α,β-unsaturated/α-hetero) is 1. The van der Waals surface area contributed by atoms with Gasteiger partial charge in [-0.25, -0.2) is 4.79 Å².